The van der Waals surface area contributed by atoms with E-state index in [4.69, 9.17) is 4.74 Å². The number of methoxy groups -OCH3 is 1. The first-order chi connectivity index (χ1) is 14.5. The fourth-order valence-corrected chi connectivity index (χ4v) is 2.92. The monoisotopic (exact) mass is 409 g/mol. The van der Waals surface area contributed by atoms with Gasteiger partial charge in [-0.05, 0) is 25.0 Å². The third-order valence-electron chi connectivity index (χ3n) is 4.52. The Morgan fingerprint density at radius 3 is 2.67 bits per heavy atom. The molecule has 0 atom stereocenters. The van der Waals surface area contributed by atoms with Gasteiger partial charge in [0, 0.05) is 19.0 Å². The van der Waals surface area contributed by atoms with Crippen LogP contribution in [0.3, 0.4) is 0 Å². The summed E-state index contributed by atoms with van der Waals surface area (Å²) < 4.78 is 7.11. The second kappa shape index (κ2) is 7.78. The minimum absolute atomic E-state index is 0.0231. The van der Waals surface area contributed by atoms with Crippen LogP contribution >= 0.6 is 0 Å². The molecule has 30 heavy (non-hydrogen) atoms. The van der Waals surface area contributed by atoms with E-state index in [0.29, 0.717) is 22.8 Å². The summed E-state index contributed by atoms with van der Waals surface area (Å²) in [7, 11) is 3.25. The van der Waals surface area contributed by atoms with Gasteiger partial charge >= 0.3 is 5.97 Å². The third-order valence-corrected chi connectivity index (χ3v) is 4.52. The number of anilines is 3. The Kier molecular flexibility index (Phi) is 5.00. The number of benzene rings is 1. The van der Waals surface area contributed by atoms with Crippen LogP contribution in [0.4, 0.5) is 17.2 Å². The van der Waals surface area contributed by atoms with Crippen molar-refractivity contribution in [1.29, 1.82) is 0 Å². The lowest BCUT2D eigenvalue weighted by atomic mass is 10.1. The molecule has 1 aliphatic carbocycles. The number of carboxylic acid groups (broad SMARTS) is 1. The molecule has 0 radical (unpaired) electrons. The summed E-state index contributed by atoms with van der Waals surface area (Å²) in [6, 6.07) is 6.71. The Morgan fingerprint density at radius 2 is 2.03 bits per heavy atom. The highest BCUT2D eigenvalue weighted by Crippen LogP contribution is 2.37. The zero-order chi connectivity index (χ0) is 21.3. The summed E-state index contributed by atoms with van der Waals surface area (Å²) in [4.78, 5) is 27.9. The maximum atomic E-state index is 12.0. The first-order valence-electron chi connectivity index (χ1n) is 9.18. The number of carboxylic acids is 1. The van der Waals surface area contributed by atoms with Gasteiger partial charge in [-0.15, -0.1) is 10.2 Å². The van der Waals surface area contributed by atoms with Gasteiger partial charge in [-0.1, -0.05) is 6.07 Å². The number of carbonyl (C=O) groups is 2. The van der Waals surface area contributed by atoms with Crippen LogP contribution in [0.25, 0.3) is 11.4 Å². The van der Waals surface area contributed by atoms with Crippen LogP contribution in [0, 0.1) is 5.92 Å². The summed E-state index contributed by atoms with van der Waals surface area (Å²) in [5.41, 5.74) is 0.984. The number of carbonyl (C=O) groups excluding carboxylic acids is 1. The number of hydrogen-bond acceptors (Lipinski definition) is 8. The molecule has 154 valence electrons. The number of rotatable bonds is 7. The molecule has 2 heterocycles. The van der Waals surface area contributed by atoms with E-state index in [1.807, 2.05) is 0 Å². The molecule has 0 unspecified atom stereocenters. The number of para-hydroxylation sites is 1. The lowest BCUT2D eigenvalue weighted by Crippen LogP contribution is -2.16. The van der Waals surface area contributed by atoms with E-state index < -0.39 is 5.97 Å². The van der Waals surface area contributed by atoms with Gasteiger partial charge in [0.1, 0.15) is 6.33 Å². The minimum atomic E-state index is -1.26. The molecule has 0 saturated heterocycles. The predicted octanol–water partition coefficient (Wildman–Crippen LogP) is 2.07. The van der Waals surface area contributed by atoms with Crippen molar-refractivity contribution in [3.63, 3.8) is 0 Å². The zero-order valence-electron chi connectivity index (χ0n) is 16.3. The van der Waals surface area contributed by atoms with Gasteiger partial charge < -0.3 is 20.5 Å². The average molecular weight is 409 g/mol. The van der Waals surface area contributed by atoms with Gasteiger partial charge in [0.25, 0.3) is 0 Å². The van der Waals surface area contributed by atoms with Crippen molar-refractivity contribution in [3.8, 4) is 17.1 Å². The quantitative estimate of drug-likeness (QED) is 0.534. The van der Waals surface area contributed by atoms with E-state index in [1.54, 1.807) is 36.3 Å². The Hall–Kier alpha value is -4.02. The molecule has 4 rings (SSSR count). The Balaban J connectivity index is 1.70. The van der Waals surface area contributed by atoms with Gasteiger partial charge in [-0.3, -0.25) is 9.48 Å². The molecule has 3 N–H and O–H groups in total. The summed E-state index contributed by atoms with van der Waals surface area (Å²) in [5.74, 6) is -0.376. The number of nitrogens with one attached hydrogen (secondary N) is 2. The van der Waals surface area contributed by atoms with E-state index in [9.17, 15) is 14.7 Å². The van der Waals surface area contributed by atoms with Crippen LogP contribution in [-0.2, 0) is 11.8 Å². The number of aromatic carboxylic acids is 1. The van der Waals surface area contributed by atoms with Crippen molar-refractivity contribution in [2.75, 3.05) is 17.7 Å². The summed E-state index contributed by atoms with van der Waals surface area (Å²) in [6.07, 6.45) is 3.24. The van der Waals surface area contributed by atoms with Crippen molar-refractivity contribution in [3.05, 3.63) is 36.3 Å². The number of nitrogens with zero attached hydrogens (tertiary/aromatic N) is 5. The van der Waals surface area contributed by atoms with Crippen molar-refractivity contribution in [2.24, 2.45) is 13.0 Å². The van der Waals surface area contributed by atoms with Crippen LogP contribution in [0.5, 0.6) is 5.75 Å². The fraction of sp³-hybridized carbons (Fsp3) is 0.263. The number of amides is 1. The van der Waals surface area contributed by atoms with Crippen LogP contribution in [-0.4, -0.2) is 49.1 Å². The highest BCUT2D eigenvalue weighted by atomic mass is 16.5. The number of aryl methyl sites for hydroxylation is 1. The van der Waals surface area contributed by atoms with Gasteiger partial charge in [0.2, 0.25) is 5.91 Å². The lowest BCUT2D eigenvalue weighted by Gasteiger charge is -2.15. The zero-order valence-corrected chi connectivity index (χ0v) is 16.3. The van der Waals surface area contributed by atoms with Gasteiger partial charge in [0.15, 0.2) is 23.1 Å². The molecule has 11 heteroatoms. The Bertz CT molecular complexity index is 1120. The second-order valence-electron chi connectivity index (χ2n) is 6.81. The van der Waals surface area contributed by atoms with Crippen molar-refractivity contribution < 1.29 is 19.4 Å². The first-order valence-corrected chi connectivity index (χ1v) is 9.18. The van der Waals surface area contributed by atoms with E-state index in [-0.39, 0.29) is 29.0 Å². The number of aromatic nitrogens is 5. The Morgan fingerprint density at radius 1 is 1.23 bits per heavy atom. The topological polar surface area (TPSA) is 144 Å². The molecular formula is C19H19N7O4. The first kappa shape index (κ1) is 19.3. The lowest BCUT2D eigenvalue weighted by molar-refractivity contribution is -0.117. The van der Waals surface area contributed by atoms with Crippen LogP contribution in [0.2, 0.25) is 0 Å². The van der Waals surface area contributed by atoms with E-state index in [2.05, 4.69) is 30.9 Å². The summed E-state index contributed by atoms with van der Waals surface area (Å²) >= 11 is 0. The molecule has 0 spiro atoms. The van der Waals surface area contributed by atoms with Crippen LogP contribution < -0.4 is 15.4 Å². The molecule has 1 aliphatic rings. The molecule has 0 bridgehead atoms. The van der Waals surface area contributed by atoms with Gasteiger partial charge in [0.05, 0.1) is 24.0 Å². The third kappa shape index (κ3) is 3.90. The van der Waals surface area contributed by atoms with Crippen molar-refractivity contribution in [1.82, 2.24) is 25.0 Å². The molecule has 2 aromatic heterocycles. The predicted molar refractivity (Wildman–Crippen MR) is 107 cm³/mol. The smallest absolute Gasteiger partial charge is 0.358 e. The average Bonchev–Trinajstić information content (AvgIpc) is 3.49. The normalized spacial score (nSPS) is 13.0. The highest BCUT2D eigenvalue weighted by molar-refractivity contribution is 5.96. The molecule has 1 fully saturated rings. The van der Waals surface area contributed by atoms with Crippen LogP contribution in [0.15, 0.2) is 30.6 Å². The maximum Gasteiger partial charge on any atom is 0.358 e. The molecule has 1 saturated carbocycles. The van der Waals surface area contributed by atoms with Crippen molar-refractivity contribution >= 4 is 29.1 Å². The fourth-order valence-electron chi connectivity index (χ4n) is 2.92. The van der Waals surface area contributed by atoms with E-state index in [0.717, 1.165) is 12.8 Å². The molecule has 0 aliphatic heterocycles. The van der Waals surface area contributed by atoms with E-state index in [1.165, 1.54) is 13.2 Å². The number of hydrogen-bond donors (Lipinski definition) is 3. The van der Waals surface area contributed by atoms with Crippen LogP contribution in [0.1, 0.15) is 23.3 Å². The largest absolute Gasteiger partial charge is 0.494 e. The highest BCUT2D eigenvalue weighted by Gasteiger charge is 2.30. The molecule has 1 aromatic carbocycles. The Labute approximate surface area is 171 Å². The maximum absolute atomic E-state index is 12.0. The minimum Gasteiger partial charge on any atom is -0.494 e. The SMILES string of the molecule is COc1c(Nc2cc(NC(=O)C3CC3)nnc2C(=O)O)cccc1-c1ncn(C)n1. The molecule has 11 nitrogen and oxygen atoms in total. The standard InChI is InChI=1S/C19H19N7O4/c1-26-9-20-17(25-26)11-4-3-5-12(16(11)30-2)21-13-8-14(22-18(27)10-6-7-10)23-24-15(13)19(28)29/h3-5,8-10H,6-7H2,1-2H3,(H,28,29)(H2,21,22,23,27). The molecular weight excluding hydrogens is 390 g/mol. The second-order valence-corrected chi connectivity index (χ2v) is 6.81. The van der Waals surface area contributed by atoms with Crippen molar-refractivity contribution in [2.45, 2.75) is 12.8 Å². The molecule has 1 amide bonds. The van der Waals surface area contributed by atoms with E-state index >= 15 is 0 Å². The van der Waals surface area contributed by atoms with Gasteiger partial charge in [-0.25, -0.2) is 9.78 Å². The number of ether oxygens (including phenoxy) is 1. The summed E-state index contributed by atoms with van der Waals surface area (Å²) in [5, 5.41) is 27.0. The van der Waals surface area contributed by atoms with Gasteiger partial charge in [-0.2, -0.15) is 5.10 Å². The summed E-state index contributed by atoms with van der Waals surface area (Å²) in [6.45, 7) is 0. The molecule has 3 aromatic rings.